The Hall–Kier alpha value is 0.640. The van der Waals surface area contributed by atoms with Gasteiger partial charge in [0.05, 0.1) is 12.0 Å². The molecule has 0 atom stereocenters. The van der Waals surface area contributed by atoms with Crippen LogP contribution in [-0.4, -0.2) is 40.3 Å². The second-order valence-electron chi connectivity index (χ2n) is 2.95. The number of nitrogens with zero attached hydrogens (tertiary/aromatic N) is 1. The highest BCUT2D eigenvalue weighted by atomic mass is 127. The minimum Gasteiger partial charge on any atom is -0.351 e. The molecular formula is C9H18I2N4OS2. The van der Waals surface area contributed by atoms with Crippen LogP contribution >= 0.6 is 71.7 Å². The maximum Gasteiger partial charge on any atom is 0.324 e. The smallest absolute Gasteiger partial charge is 0.324 e. The molecule has 0 bridgehead atoms. The van der Waals surface area contributed by atoms with Gasteiger partial charge in [0, 0.05) is 31.2 Å². The Morgan fingerprint density at radius 1 is 1.39 bits per heavy atom. The molecule has 1 heterocycles. The van der Waals surface area contributed by atoms with Gasteiger partial charge in [-0.05, 0) is 17.7 Å². The van der Waals surface area contributed by atoms with Crippen LogP contribution in [0.15, 0.2) is 12.5 Å². The number of aromatic amines is 1. The van der Waals surface area contributed by atoms with Crippen LogP contribution in [-0.2, 0) is 6.42 Å². The van der Waals surface area contributed by atoms with E-state index in [1.807, 2.05) is 18.0 Å². The lowest BCUT2D eigenvalue weighted by molar-refractivity contribution is 0.248. The van der Waals surface area contributed by atoms with Gasteiger partial charge in [-0.25, -0.2) is 9.78 Å². The van der Waals surface area contributed by atoms with Crippen LogP contribution in [0.3, 0.4) is 0 Å². The molecule has 18 heavy (non-hydrogen) atoms. The summed E-state index contributed by atoms with van der Waals surface area (Å²) in [5.74, 6) is 3.00. The van der Waals surface area contributed by atoms with Crippen LogP contribution in [0.1, 0.15) is 5.69 Å². The summed E-state index contributed by atoms with van der Waals surface area (Å²) in [5.41, 5.74) is 1.10. The molecule has 2 amide bonds. The number of hydrogen-bond acceptors (Lipinski definition) is 4. The Kier molecular flexibility index (Phi) is 16.4. The van der Waals surface area contributed by atoms with E-state index in [-0.39, 0.29) is 54.0 Å². The number of imidazole rings is 1. The number of carbonyl (C=O) groups excluding carboxylic acids is 1. The number of carbonyl (C=O) groups is 1. The van der Waals surface area contributed by atoms with Gasteiger partial charge in [-0.1, -0.05) is 0 Å². The largest absolute Gasteiger partial charge is 0.351 e. The highest BCUT2D eigenvalue weighted by Crippen LogP contribution is 2.06. The monoisotopic (exact) mass is 516 g/mol. The zero-order valence-corrected chi connectivity index (χ0v) is 16.3. The van der Waals surface area contributed by atoms with Crippen LogP contribution in [0.4, 0.5) is 4.79 Å². The summed E-state index contributed by atoms with van der Waals surface area (Å²) in [5, 5.41) is 2.50. The average molecular weight is 516 g/mol. The molecule has 0 spiro atoms. The molecule has 0 radical (unpaired) electrons. The maximum absolute atomic E-state index is 10.8. The van der Waals surface area contributed by atoms with E-state index in [0.29, 0.717) is 0 Å². The first-order chi connectivity index (χ1) is 7.83. The third kappa shape index (κ3) is 10.6. The van der Waals surface area contributed by atoms with Crippen molar-refractivity contribution in [2.45, 2.75) is 6.42 Å². The number of rotatable bonds is 7. The molecule has 0 saturated heterocycles. The fourth-order valence-electron chi connectivity index (χ4n) is 0.975. The van der Waals surface area contributed by atoms with Gasteiger partial charge in [0.15, 0.2) is 0 Å². The zero-order chi connectivity index (χ0) is 11.6. The van der Waals surface area contributed by atoms with Gasteiger partial charge in [-0.2, -0.15) is 11.8 Å². The van der Waals surface area contributed by atoms with E-state index in [2.05, 4.69) is 20.0 Å². The van der Waals surface area contributed by atoms with Gasteiger partial charge in [0.25, 0.3) is 0 Å². The van der Waals surface area contributed by atoms with Gasteiger partial charge in [0.1, 0.15) is 0 Å². The first-order valence-corrected chi connectivity index (χ1v) is 7.12. The highest BCUT2D eigenvalue weighted by Gasteiger charge is 1.97. The Morgan fingerprint density at radius 2 is 2.17 bits per heavy atom. The van der Waals surface area contributed by atoms with Crippen LogP contribution in [0.2, 0.25) is 0 Å². The molecule has 3 N–H and O–H groups in total. The summed E-state index contributed by atoms with van der Waals surface area (Å²) >= 11 is 3.29. The molecule has 0 aliphatic carbocycles. The summed E-state index contributed by atoms with van der Waals surface area (Å²) in [6.07, 6.45) is 4.60. The first-order valence-electron chi connectivity index (χ1n) is 4.98. The lowest BCUT2D eigenvalue weighted by atomic mass is 10.4. The molecule has 0 unspecified atom stereocenters. The lowest BCUT2D eigenvalue weighted by Gasteiger charge is -2.02. The van der Waals surface area contributed by atoms with Crippen LogP contribution in [0, 0.1) is 0 Å². The van der Waals surface area contributed by atoms with E-state index < -0.39 is 0 Å². The number of nitrogens with one attached hydrogen (secondary N) is 3. The van der Waals surface area contributed by atoms with E-state index in [9.17, 15) is 4.79 Å². The second kappa shape index (κ2) is 14.1. The van der Waals surface area contributed by atoms with Crippen molar-refractivity contribution in [2.75, 3.05) is 24.3 Å². The topological polar surface area (TPSA) is 69.8 Å². The van der Waals surface area contributed by atoms with Crippen molar-refractivity contribution >= 4 is 77.7 Å². The summed E-state index contributed by atoms with van der Waals surface area (Å²) < 4.78 is 2.67. The van der Waals surface area contributed by atoms with Crippen molar-refractivity contribution in [3.8, 4) is 0 Å². The van der Waals surface area contributed by atoms with E-state index in [1.54, 1.807) is 13.4 Å². The van der Waals surface area contributed by atoms with Gasteiger partial charge in [0.2, 0.25) is 0 Å². The number of urea groups is 1. The second-order valence-corrected chi connectivity index (χ2v) is 5.08. The standard InChI is InChI=1S/C9H16N4OS2.2HI/c1-10-9(14)13-16-5-4-15-3-2-8-6-11-7-12-8;;/h6-7H,2-5H2,1H3,(H,11,12)(H2,10,13,14);2*1H. The lowest BCUT2D eigenvalue weighted by Crippen LogP contribution is -2.27. The number of aryl methyl sites for hydroxylation is 1. The molecular weight excluding hydrogens is 498 g/mol. The number of thioether (sulfide) groups is 1. The Bertz CT molecular complexity index is 301. The maximum atomic E-state index is 10.8. The number of aromatic nitrogens is 2. The van der Waals surface area contributed by atoms with Crippen molar-refractivity contribution in [3.05, 3.63) is 18.2 Å². The summed E-state index contributed by atoms with van der Waals surface area (Å²) in [4.78, 5) is 17.9. The molecule has 0 aliphatic heterocycles. The van der Waals surface area contributed by atoms with Crippen molar-refractivity contribution in [1.29, 1.82) is 0 Å². The predicted molar refractivity (Wildman–Crippen MR) is 100 cm³/mol. The molecule has 0 fully saturated rings. The molecule has 0 aliphatic rings. The predicted octanol–water partition coefficient (Wildman–Crippen LogP) is 2.50. The van der Waals surface area contributed by atoms with E-state index in [1.165, 1.54) is 11.9 Å². The van der Waals surface area contributed by atoms with Crippen molar-refractivity contribution in [3.63, 3.8) is 0 Å². The van der Waals surface area contributed by atoms with E-state index in [0.717, 1.165) is 29.4 Å². The molecule has 9 heteroatoms. The summed E-state index contributed by atoms with van der Waals surface area (Å²) in [6, 6.07) is -0.147. The SMILES string of the molecule is CNC(=O)NSCCSCCc1c[nH]cn1.I.I. The molecule has 1 rings (SSSR count). The van der Waals surface area contributed by atoms with Crippen LogP contribution < -0.4 is 10.0 Å². The molecule has 0 saturated carbocycles. The van der Waals surface area contributed by atoms with Gasteiger partial charge in [-0.15, -0.1) is 48.0 Å². The van der Waals surface area contributed by atoms with Gasteiger partial charge < -0.3 is 10.3 Å². The third-order valence-corrected chi connectivity index (χ3v) is 3.76. The number of hydrogen-bond donors (Lipinski definition) is 3. The minimum absolute atomic E-state index is 0. The van der Waals surface area contributed by atoms with Crippen molar-refractivity contribution in [2.24, 2.45) is 0 Å². The first kappa shape index (κ1) is 20.9. The van der Waals surface area contributed by atoms with E-state index in [4.69, 9.17) is 0 Å². The summed E-state index contributed by atoms with van der Waals surface area (Å²) in [6.45, 7) is 0. The zero-order valence-electron chi connectivity index (χ0n) is 9.97. The Labute approximate surface area is 150 Å². The average Bonchev–Trinajstić information content (AvgIpc) is 2.80. The van der Waals surface area contributed by atoms with Gasteiger partial charge in [-0.3, -0.25) is 4.72 Å². The molecule has 1 aromatic heterocycles. The highest BCUT2D eigenvalue weighted by molar-refractivity contribution is 14.0. The fraction of sp³-hybridized carbons (Fsp3) is 0.556. The number of amides is 2. The molecule has 5 nitrogen and oxygen atoms in total. The molecule has 0 aromatic carbocycles. The quantitative estimate of drug-likeness (QED) is 0.296. The van der Waals surface area contributed by atoms with Crippen LogP contribution in [0.25, 0.3) is 0 Å². The minimum atomic E-state index is -0.147. The normalized spacial score (nSPS) is 8.94. The van der Waals surface area contributed by atoms with E-state index >= 15 is 0 Å². The van der Waals surface area contributed by atoms with Gasteiger partial charge >= 0.3 is 6.03 Å². The fourth-order valence-corrected chi connectivity index (χ4v) is 2.67. The molecule has 1 aromatic rings. The molecule has 106 valence electrons. The van der Waals surface area contributed by atoms with Crippen molar-refractivity contribution < 1.29 is 4.79 Å². The Morgan fingerprint density at radius 3 is 2.78 bits per heavy atom. The number of halogens is 2. The number of H-pyrrole nitrogens is 1. The van der Waals surface area contributed by atoms with Crippen LogP contribution in [0.5, 0.6) is 0 Å². The van der Waals surface area contributed by atoms with Crippen molar-refractivity contribution in [1.82, 2.24) is 20.0 Å². The Balaban J connectivity index is 0. The third-order valence-electron chi connectivity index (χ3n) is 1.78. The summed E-state index contributed by atoms with van der Waals surface area (Å²) in [7, 11) is 1.61.